The Morgan fingerprint density at radius 3 is 2.55 bits per heavy atom. The van der Waals surface area contributed by atoms with Crippen LogP contribution in [0.1, 0.15) is 23.4 Å². The molecule has 0 radical (unpaired) electrons. The fraction of sp³-hybridized carbons (Fsp3) is 0.733. The van der Waals surface area contributed by atoms with Crippen LogP contribution in [0.25, 0.3) is 0 Å². The standard InChI is InChI=1S/C15H26N4O3/c1-11-14(12(2)22-17-11)10-18-4-6-19(7-5-18)15(20)8-13(9-16)21-3/h13H,4-10,16H2,1-3H3. The molecule has 2 rings (SSSR count). The highest BCUT2D eigenvalue weighted by atomic mass is 16.5. The number of methoxy groups -OCH3 is 1. The van der Waals surface area contributed by atoms with Crippen LogP contribution < -0.4 is 5.73 Å². The third-order valence-electron chi connectivity index (χ3n) is 4.29. The van der Waals surface area contributed by atoms with Crippen molar-refractivity contribution >= 4 is 5.91 Å². The van der Waals surface area contributed by atoms with Gasteiger partial charge >= 0.3 is 0 Å². The van der Waals surface area contributed by atoms with E-state index in [1.807, 2.05) is 18.7 Å². The second-order valence-electron chi connectivity index (χ2n) is 5.76. The number of hydrogen-bond acceptors (Lipinski definition) is 6. The molecule has 0 saturated carbocycles. The van der Waals surface area contributed by atoms with Crippen molar-refractivity contribution in [1.82, 2.24) is 15.0 Å². The van der Waals surface area contributed by atoms with E-state index < -0.39 is 0 Å². The molecule has 1 atom stereocenters. The molecule has 1 aliphatic heterocycles. The Bertz CT molecular complexity index is 471. The van der Waals surface area contributed by atoms with E-state index in [1.165, 1.54) is 0 Å². The Hall–Kier alpha value is -1.44. The Morgan fingerprint density at radius 1 is 1.36 bits per heavy atom. The van der Waals surface area contributed by atoms with Crippen molar-refractivity contribution in [3.8, 4) is 0 Å². The van der Waals surface area contributed by atoms with Crippen molar-refractivity contribution in [2.75, 3.05) is 39.8 Å². The monoisotopic (exact) mass is 310 g/mol. The first-order valence-corrected chi connectivity index (χ1v) is 7.69. The number of hydrogen-bond donors (Lipinski definition) is 1. The van der Waals surface area contributed by atoms with Gasteiger partial charge in [0, 0.05) is 51.9 Å². The molecule has 2 N–H and O–H groups in total. The third kappa shape index (κ3) is 4.06. The smallest absolute Gasteiger partial charge is 0.225 e. The minimum atomic E-state index is -0.187. The van der Waals surface area contributed by atoms with E-state index in [9.17, 15) is 4.79 Å². The highest BCUT2D eigenvalue weighted by Crippen LogP contribution is 2.16. The lowest BCUT2D eigenvalue weighted by Crippen LogP contribution is -2.49. The van der Waals surface area contributed by atoms with E-state index in [4.69, 9.17) is 15.0 Å². The summed E-state index contributed by atoms with van der Waals surface area (Å²) in [6, 6.07) is 0. The predicted molar refractivity (Wildman–Crippen MR) is 82.3 cm³/mol. The average Bonchev–Trinajstić information content (AvgIpc) is 2.85. The van der Waals surface area contributed by atoms with Crippen LogP contribution in [0.15, 0.2) is 4.52 Å². The van der Waals surface area contributed by atoms with Crippen LogP contribution in [0.3, 0.4) is 0 Å². The summed E-state index contributed by atoms with van der Waals surface area (Å²) in [5, 5.41) is 3.98. The summed E-state index contributed by atoms with van der Waals surface area (Å²) in [6.07, 6.45) is 0.171. The number of piperazine rings is 1. The van der Waals surface area contributed by atoms with E-state index in [2.05, 4.69) is 10.1 Å². The van der Waals surface area contributed by atoms with Gasteiger partial charge in [0.1, 0.15) is 5.76 Å². The van der Waals surface area contributed by atoms with E-state index in [-0.39, 0.29) is 12.0 Å². The molecule has 1 fully saturated rings. The van der Waals surface area contributed by atoms with Crippen LogP contribution in [0.4, 0.5) is 0 Å². The number of aryl methyl sites for hydroxylation is 2. The zero-order chi connectivity index (χ0) is 16.1. The van der Waals surface area contributed by atoms with Gasteiger partial charge in [0.15, 0.2) is 0 Å². The molecule has 1 unspecified atom stereocenters. The number of amides is 1. The molecule has 1 saturated heterocycles. The zero-order valence-electron chi connectivity index (χ0n) is 13.7. The Labute approximate surface area is 131 Å². The number of nitrogens with two attached hydrogens (primary N) is 1. The van der Waals surface area contributed by atoms with Gasteiger partial charge in [0.25, 0.3) is 0 Å². The van der Waals surface area contributed by atoms with Gasteiger partial charge in [-0.25, -0.2) is 0 Å². The highest BCUT2D eigenvalue weighted by molar-refractivity contribution is 5.76. The minimum absolute atomic E-state index is 0.120. The van der Waals surface area contributed by atoms with Crippen LogP contribution in [0.2, 0.25) is 0 Å². The largest absolute Gasteiger partial charge is 0.380 e. The summed E-state index contributed by atoms with van der Waals surface area (Å²) in [5.74, 6) is 0.996. The van der Waals surface area contributed by atoms with Gasteiger partial charge < -0.3 is 19.9 Å². The fourth-order valence-electron chi connectivity index (χ4n) is 2.69. The zero-order valence-corrected chi connectivity index (χ0v) is 13.7. The molecule has 7 heteroatoms. The lowest BCUT2D eigenvalue weighted by molar-refractivity contribution is -0.135. The Morgan fingerprint density at radius 2 is 2.05 bits per heavy atom. The first-order valence-electron chi connectivity index (χ1n) is 7.69. The maximum atomic E-state index is 12.2. The quantitative estimate of drug-likeness (QED) is 0.813. The van der Waals surface area contributed by atoms with E-state index in [1.54, 1.807) is 7.11 Å². The van der Waals surface area contributed by atoms with Gasteiger partial charge in [-0.1, -0.05) is 5.16 Å². The molecule has 22 heavy (non-hydrogen) atoms. The fourth-order valence-corrected chi connectivity index (χ4v) is 2.69. The van der Waals surface area contributed by atoms with Crippen LogP contribution in [0, 0.1) is 13.8 Å². The van der Waals surface area contributed by atoms with Crippen LogP contribution in [0.5, 0.6) is 0 Å². The normalized spacial score (nSPS) is 17.7. The summed E-state index contributed by atoms with van der Waals surface area (Å²) < 4.78 is 10.4. The van der Waals surface area contributed by atoms with Gasteiger partial charge in [-0.3, -0.25) is 9.69 Å². The van der Waals surface area contributed by atoms with Crippen molar-refractivity contribution in [2.24, 2.45) is 5.73 Å². The molecule has 2 heterocycles. The molecule has 1 aromatic heterocycles. The van der Waals surface area contributed by atoms with Gasteiger partial charge in [-0.2, -0.15) is 0 Å². The molecule has 0 bridgehead atoms. The second kappa shape index (κ2) is 7.71. The molecule has 1 aromatic rings. The molecular formula is C15H26N4O3. The maximum Gasteiger partial charge on any atom is 0.225 e. The first-order chi connectivity index (χ1) is 10.5. The molecule has 0 aliphatic carbocycles. The van der Waals surface area contributed by atoms with Gasteiger partial charge in [-0.15, -0.1) is 0 Å². The number of rotatable bonds is 6. The van der Waals surface area contributed by atoms with E-state index >= 15 is 0 Å². The van der Waals surface area contributed by atoms with E-state index in [0.29, 0.717) is 13.0 Å². The lowest BCUT2D eigenvalue weighted by atomic mass is 10.1. The maximum absolute atomic E-state index is 12.2. The number of ether oxygens (including phenoxy) is 1. The number of aromatic nitrogens is 1. The number of carbonyl (C=O) groups is 1. The van der Waals surface area contributed by atoms with Crippen molar-refractivity contribution in [3.63, 3.8) is 0 Å². The SMILES string of the molecule is COC(CN)CC(=O)N1CCN(Cc2c(C)noc2C)CC1. The van der Waals surface area contributed by atoms with Gasteiger partial charge in [-0.05, 0) is 13.8 Å². The van der Waals surface area contributed by atoms with Crippen LogP contribution in [-0.2, 0) is 16.1 Å². The molecule has 124 valence electrons. The summed E-state index contributed by atoms with van der Waals surface area (Å²) in [6.45, 7) is 8.29. The van der Waals surface area contributed by atoms with Crippen molar-refractivity contribution < 1.29 is 14.1 Å². The van der Waals surface area contributed by atoms with Crippen molar-refractivity contribution in [3.05, 3.63) is 17.0 Å². The van der Waals surface area contributed by atoms with Gasteiger partial charge in [0.05, 0.1) is 18.2 Å². The number of nitrogens with zero attached hydrogens (tertiary/aromatic N) is 3. The summed E-state index contributed by atoms with van der Waals surface area (Å²) in [4.78, 5) is 16.4. The van der Waals surface area contributed by atoms with Crippen LogP contribution >= 0.6 is 0 Å². The summed E-state index contributed by atoms with van der Waals surface area (Å²) in [7, 11) is 1.59. The van der Waals surface area contributed by atoms with E-state index in [0.717, 1.165) is 49.7 Å². The van der Waals surface area contributed by atoms with Crippen molar-refractivity contribution in [2.45, 2.75) is 32.9 Å². The van der Waals surface area contributed by atoms with Crippen molar-refractivity contribution in [1.29, 1.82) is 0 Å². The second-order valence-corrected chi connectivity index (χ2v) is 5.76. The predicted octanol–water partition coefficient (Wildman–Crippen LogP) is 0.299. The average molecular weight is 310 g/mol. The Kier molecular flexibility index (Phi) is 5.93. The molecule has 1 aliphatic rings. The molecule has 7 nitrogen and oxygen atoms in total. The number of carbonyl (C=O) groups excluding carboxylic acids is 1. The summed E-state index contributed by atoms with van der Waals surface area (Å²) in [5.41, 5.74) is 7.67. The topological polar surface area (TPSA) is 84.8 Å². The lowest BCUT2D eigenvalue weighted by Gasteiger charge is -2.35. The highest BCUT2D eigenvalue weighted by Gasteiger charge is 2.24. The van der Waals surface area contributed by atoms with Crippen LogP contribution in [-0.4, -0.2) is 66.8 Å². The molecule has 1 amide bonds. The third-order valence-corrected chi connectivity index (χ3v) is 4.29. The molecule has 0 aromatic carbocycles. The Balaban J connectivity index is 1.81. The first kappa shape index (κ1) is 16.9. The summed E-state index contributed by atoms with van der Waals surface area (Å²) >= 11 is 0. The molecular weight excluding hydrogens is 284 g/mol. The molecule has 0 spiro atoms. The van der Waals surface area contributed by atoms with Gasteiger partial charge in [0.2, 0.25) is 5.91 Å². The minimum Gasteiger partial charge on any atom is -0.380 e.